The van der Waals surface area contributed by atoms with Crippen LogP contribution in [-0.4, -0.2) is 21.7 Å². The van der Waals surface area contributed by atoms with Gasteiger partial charge in [0, 0.05) is 11.0 Å². The summed E-state index contributed by atoms with van der Waals surface area (Å²) in [5, 5.41) is 19.0. The van der Waals surface area contributed by atoms with E-state index in [2.05, 4.69) is 38.0 Å². The van der Waals surface area contributed by atoms with Crippen molar-refractivity contribution in [2.75, 3.05) is 11.9 Å². The summed E-state index contributed by atoms with van der Waals surface area (Å²) < 4.78 is 0.711. The molecule has 1 rings (SSSR count). The molecule has 0 bridgehead atoms. The quantitative estimate of drug-likeness (QED) is 0.625. The van der Waals surface area contributed by atoms with Gasteiger partial charge < -0.3 is 15.4 Å². The lowest BCUT2D eigenvalue weighted by Gasteiger charge is -2.00. The maximum atomic E-state index is 10.4. The van der Waals surface area contributed by atoms with Crippen LogP contribution in [0.1, 0.15) is 0 Å². The fraction of sp³-hybridized carbons (Fsp3) is 0.167. The van der Waals surface area contributed by atoms with E-state index in [4.69, 9.17) is 0 Å². The van der Waals surface area contributed by atoms with Crippen LogP contribution in [0.3, 0.4) is 0 Å². The molecule has 13 heavy (non-hydrogen) atoms. The van der Waals surface area contributed by atoms with Crippen LogP contribution < -0.4 is 5.32 Å². The smallest absolute Gasteiger partial charge is 0.366 e. The third kappa shape index (κ3) is 2.55. The van der Waals surface area contributed by atoms with E-state index in [1.807, 2.05) is 0 Å². The van der Waals surface area contributed by atoms with E-state index in [0.29, 0.717) is 16.7 Å². The molecular formula is C6H7BrN4O2. The minimum Gasteiger partial charge on any atom is -0.372 e. The van der Waals surface area contributed by atoms with E-state index in [1.165, 1.54) is 6.20 Å². The van der Waals surface area contributed by atoms with Crippen molar-refractivity contribution in [2.24, 2.45) is 0 Å². The highest BCUT2D eigenvalue weighted by molar-refractivity contribution is 9.11. The lowest BCUT2D eigenvalue weighted by Crippen LogP contribution is -2.02. The summed E-state index contributed by atoms with van der Waals surface area (Å²) in [6.07, 6.45) is 1.36. The molecule has 0 aliphatic rings. The molecule has 2 N–H and O–H groups in total. The molecule has 0 amide bonds. The second-order valence-electron chi connectivity index (χ2n) is 2.26. The molecule has 0 atom stereocenters. The Kier molecular flexibility index (Phi) is 3.02. The van der Waals surface area contributed by atoms with Gasteiger partial charge in [-0.05, 0) is 4.92 Å². The number of aromatic nitrogens is 2. The first-order valence-electron chi connectivity index (χ1n) is 3.36. The first kappa shape index (κ1) is 9.72. The number of H-pyrrole nitrogens is 1. The fourth-order valence-electron chi connectivity index (χ4n) is 0.739. The van der Waals surface area contributed by atoms with E-state index in [9.17, 15) is 10.1 Å². The number of nitro groups is 1. The van der Waals surface area contributed by atoms with Crippen molar-refractivity contribution < 1.29 is 4.92 Å². The SMILES string of the molecule is C=C(Br)CNc1cn[nH]c1[N+](=O)[O-]. The monoisotopic (exact) mass is 246 g/mol. The largest absolute Gasteiger partial charge is 0.372 e. The maximum absolute atomic E-state index is 10.4. The van der Waals surface area contributed by atoms with Crippen LogP contribution in [0.5, 0.6) is 0 Å². The van der Waals surface area contributed by atoms with Crippen LogP contribution in [0.2, 0.25) is 0 Å². The second kappa shape index (κ2) is 4.04. The molecule has 0 fully saturated rings. The topological polar surface area (TPSA) is 83.8 Å². The third-order valence-corrected chi connectivity index (χ3v) is 1.55. The van der Waals surface area contributed by atoms with Gasteiger partial charge in [0.2, 0.25) is 0 Å². The van der Waals surface area contributed by atoms with Crippen molar-refractivity contribution in [3.8, 4) is 0 Å². The number of aromatic amines is 1. The molecule has 0 aliphatic heterocycles. The highest BCUT2D eigenvalue weighted by Crippen LogP contribution is 2.20. The Morgan fingerprint density at radius 1 is 1.92 bits per heavy atom. The predicted octanol–water partition coefficient (Wildman–Crippen LogP) is 1.64. The third-order valence-electron chi connectivity index (χ3n) is 1.27. The minimum absolute atomic E-state index is 0.145. The first-order chi connectivity index (χ1) is 6.11. The summed E-state index contributed by atoms with van der Waals surface area (Å²) >= 11 is 3.12. The molecule has 0 saturated carbocycles. The van der Waals surface area contributed by atoms with Gasteiger partial charge in [-0.3, -0.25) is 0 Å². The van der Waals surface area contributed by atoms with Crippen molar-refractivity contribution in [2.45, 2.75) is 0 Å². The highest BCUT2D eigenvalue weighted by Gasteiger charge is 2.13. The molecule has 6 nitrogen and oxygen atoms in total. The average Bonchev–Trinajstić information content (AvgIpc) is 2.47. The molecule has 0 aliphatic carbocycles. The normalized spacial score (nSPS) is 9.62. The number of halogens is 1. The van der Waals surface area contributed by atoms with Gasteiger partial charge in [-0.2, -0.15) is 0 Å². The van der Waals surface area contributed by atoms with Crippen molar-refractivity contribution in [1.29, 1.82) is 0 Å². The van der Waals surface area contributed by atoms with Crippen LogP contribution in [0.25, 0.3) is 0 Å². The summed E-state index contributed by atoms with van der Waals surface area (Å²) in [7, 11) is 0. The van der Waals surface area contributed by atoms with E-state index in [1.54, 1.807) is 0 Å². The zero-order valence-corrected chi connectivity index (χ0v) is 8.17. The molecule has 0 unspecified atom stereocenters. The Hall–Kier alpha value is -1.37. The lowest BCUT2D eigenvalue weighted by atomic mass is 10.5. The van der Waals surface area contributed by atoms with Crippen LogP contribution >= 0.6 is 15.9 Å². The number of hydrogen-bond donors (Lipinski definition) is 2. The second-order valence-corrected chi connectivity index (χ2v) is 3.38. The molecule has 0 saturated heterocycles. The van der Waals surface area contributed by atoms with Gasteiger partial charge in [0.1, 0.15) is 6.20 Å². The Labute approximate surface area is 82.3 Å². The van der Waals surface area contributed by atoms with Gasteiger partial charge in [-0.1, -0.05) is 27.6 Å². The van der Waals surface area contributed by atoms with Crippen LogP contribution in [0, 0.1) is 10.1 Å². The number of nitrogens with one attached hydrogen (secondary N) is 2. The van der Waals surface area contributed by atoms with Gasteiger partial charge in [-0.25, -0.2) is 0 Å². The summed E-state index contributed by atoms with van der Waals surface area (Å²) in [6, 6.07) is 0. The molecule has 7 heteroatoms. The van der Waals surface area contributed by atoms with Crippen molar-refractivity contribution in [3.05, 3.63) is 27.4 Å². The molecule has 0 radical (unpaired) electrons. The Bertz CT molecular complexity index is 335. The summed E-state index contributed by atoms with van der Waals surface area (Å²) in [5.41, 5.74) is 0.352. The Morgan fingerprint density at radius 2 is 2.62 bits per heavy atom. The number of rotatable bonds is 4. The minimum atomic E-state index is -0.535. The number of anilines is 1. The van der Waals surface area contributed by atoms with E-state index in [0.717, 1.165) is 0 Å². The van der Waals surface area contributed by atoms with Crippen molar-refractivity contribution in [3.63, 3.8) is 0 Å². The molecule has 1 aromatic heterocycles. The van der Waals surface area contributed by atoms with Crippen LogP contribution in [-0.2, 0) is 0 Å². The number of nitrogens with zero attached hydrogens (tertiary/aromatic N) is 2. The molecular weight excluding hydrogens is 240 g/mol. The van der Waals surface area contributed by atoms with E-state index >= 15 is 0 Å². The molecule has 70 valence electrons. The predicted molar refractivity (Wildman–Crippen MR) is 51.8 cm³/mol. The van der Waals surface area contributed by atoms with Gasteiger partial charge >= 0.3 is 5.82 Å². The van der Waals surface area contributed by atoms with Crippen LogP contribution in [0.15, 0.2) is 17.3 Å². The highest BCUT2D eigenvalue weighted by atomic mass is 79.9. The first-order valence-corrected chi connectivity index (χ1v) is 4.15. The van der Waals surface area contributed by atoms with Gasteiger partial charge in [-0.15, -0.1) is 5.10 Å². The Morgan fingerprint density at radius 3 is 3.15 bits per heavy atom. The molecule has 1 heterocycles. The molecule has 0 aromatic carbocycles. The standard InChI is InChI=1S/C6H7BrN4O2/c1-4(7)2-8-5-3-9-10-6(5)11(12)13/h3,8H,1-2H2,(H,9,10). The van der Waals surface area contributed by atoms with Gasteiger partial charge in [0.15, 0.2) is 5.69 Å². The fourth-order valence-corrected chi connectivity index (χ4v) is 0.879. The van der Waals surface area contributed by atoms with Crippen molar-refractivity contribution >= 4 is 27.4 Å². The molecule has 1 aromatic rings. The van der Waals surface area contributed by atoms with Gasteiger partial charge in [0.05, 0.1) is 0 Å². The number of hydrogen-bond acceptors (Lipinski definition) is 4. The van der Waals surface area contributed by atoms with Gasteiger partial charge in [0.25, 0.3) is 0 Å². The average molecular weight is 247 g/mol. The zero-order valence-electron chi connectivity index (χ0n) is 6.58. The van der Waals surface area contributed by atoms with E-state index in [-0.39, 0.29) is 5.82 Å². The van der Waals surface area contributed by atoms with E-state index < -0.39 is 4.92 Å². The zero-order chi connectivity index (χ0) is 9.84. The lowest BCUT2D eigenvalue weighted by molar-refractivity contribution is -0.388. The molecule has 0 spiro atoms. The van der Waals surface area contributed by atoms with Crippen LogP contribution in [0.4, 0.5) is 11.5 Å². The van der Waals surface area contributed by atoms with Crippen molar-refractivity contribution in [1.82, 2.24) is 10.2 Å². The summed E-state index contributed by atoms with van der Waals surface area (Å²) in [6.45, 7) is 4.00. The summed E-state index contributed by atoms with van der Waals surface area (Å²) in [5.74, 6) is -0.145. The maximum Gasteiger partial charge on any atom is 0.366 e. The summed E-state index contributed by atoms with van der Waals surface area (Å²) in [4.78, 5) is 9.85. The Balaban J connectivity index is 2.71.